The Morgan fingerprint density at radius 1 is 1.24 bits per heavy atom. The van der Waals surface area contributed by atoms with Crippen molar-refractivity contribution < 1.29 is 18.3 Å². The van der Waals surface area contributed by atoms with Crippen LogP contribution in [0, 0.1) is 11.6 Å². The van der Waals surface area contributed by atoms with E-state index in [0.29, 0.717) is 5.82 Å². The van der Waals surface area contributed by atoms with Crippen LogP contribution in [0.3, 0.4) is 0 Å². The molecule has 0 radical (unpaired) electrons. The monoisotopic (exact) mass is 292 g/mol. The number of carbonyl (C=O) groups is 1. The van der Waals surface area contributed by atoms with Gasteiger partial charge in [-0.15, -0.1) is 0 Å². The van der Waals surface area contributed by atoms with Crippen LogP contribution in [-0.4, -0.2) is 17.0 Å². The minimum absolute atomic E-state index is 0.00399. The van der Waals surface area contributed by atoms with Crippen molar-refractivity contribution in [2.24, 2.45) is 0 Å². The van der Waals surface area contributed by atoms with Gasteiger partial charge in [-0.1, -0.05) is 6.07 Å². The summed E-state index contributed by atoms with van der Waals surface area (Å²) in [5.41, 5.74) is 0.00399. The topological polar surface area (TPSA) is 51.2 Å². The SMILES string of the molecule is CC(C)Nc1cccc(C(=O)Oc2cc(F)ccc2F)n1. The zero-order valence-corrected chi connectivity index (χ0v) is 11.6. The largest absolute Gasteiger partial charge is 0.419 e. The molecule has 0 aliphatic heterocycles. The van der Waals surface area contributed by atoms with E-state index >= 15 is 0 Å². The summed E-state index contributed by atoms with van der Waals surface area (Å²) < 4.78 is 31.3. The van der Waals surface area contributed by atoms with Gasteiger partial charge in [0, 0.05) is 12.1 Å². The number of aromatic nitrogens is 1. The van der Waals surface area contributed by atoms with Crippen molar-refractivity contribution in [3.05, 3.63) is 53.7 Å². The van der Waals surface area contributed by atoms with Crippen molar-refractivity contribution in [1.82, 2.24) is 4.98 Å². The molecule has 1 heterocycles. The number of esters is 1. The maximum Gasteiger partial charge on any atom is 0.362 e. The molecule has 0 saturated heterocycles. The molecule has 110 valence electrons. The summed E-state index contributed by atoms with van der Waals surface area (Å²) in [6, 6.07) is 7.54. The Bertz CT molecular complexity index is 660. The van der Waals surface area contributed by atoms with E-state index in [4.69, 9.17) is 4.74 Å². The van der Waals surface area contributed by atoms with E-state index in [0.717, 1.165) is 18.2 Å². The first kappa shape index (κ1) is 14.9. The summed E-state index contributed by atoms with van der Waals surface area (Å²) in [5.74, 6) is -2.33. The van der Waals surface area contributed by atoms with E-state index in [9.17, 15) is 13.6 Å². The third kappa shape index (κ3) is 3.98. The summed E-state index contributed by atoms with van der Waals surface area (Å²) >= 11 is 0. The van der Waals surface area contributed by atoms with Crippen LogP contribution in [0.5, 0.6) is 5.75 Å². The maximum absolute atomic E-state index is 13.4. The van der Waals surface area contributed by atoms with Gasteiger partial charge in [0.25, 0.3) is 0 Å². The Balaban J connectivity index is 2.18. The lowest BCUT2D eigenvalue weighted by Crippen LogP contribution is -2.15. The molecule has 4 nitrogen and oxygen atoms in total. The van der Waals surface area contributed by atoms with Gasteiger partial charge in [-0.2, -0.15) is 0 Å². The number of hydrogen-bond acceptors (Lipinski definition) is 4. The Morgan fingerprint density at radius 2 is 2.00 bits per heavy atom. The quantitative estimate of drug-likeness (QED) is 0.693. The van der Waals surface area contributed by atoms with Crippen LogP contribution in [0.4, 0.5) is 14.6 Å². The Morgan fingerprint density at radius 3 is 2.71 bits per heavy atom. The van der Waals surface area contributed by atoms with E-state index in [1.165, 1.54) is 6.07 Å². The first-order valence-electron chi connectivity index (χ1n) is 6.36. The number of halogens is 2. The van der Waals surface area contributed by atoms with Crippen LogP contribution in [-0.2, 0) is 0 Å². The zero-order chi connectivity index (χ0) is 15.4. The number of pyridine rings is 1. The fourth-order valence-corrected chi connectivity index (χ4v) is 1.63. The molecule has 0 spiro atoms. The van der Waals surface area contributed by atoms with E-state index in [1.54, 1.807) is 12.1 Å². The molecule has 21 heavy (non-hydrogen) atoms. The number of carbonyl (C=O) groups excluding carboxylic acids is 1. The Labute approximate surface area is 120 Å². The zero-order valence-electron chi connectivity index (χ0n) is 11.6. The maximum atomic E-state index is 13.4. The molecule has 1 aromatic heterocycles. The van der Waals surface area contributed by atoms with E-state index in [1.807, 2.05) is 13.8 Å². The molecule has 6 heteroatoms. The van der Waals surface area contributed by atoms with Crippen LogP contribution < -0.4 is 10.1 Å². The fourth-order valence-electron chi connectivity index (χ4n) is 1.63. The van der Waals surface area contributed by atoms with Gasteiger partial charge in [0.2, 0.25) is 0 Å². The molecule has 1 aromatic carbocycles. The number of ether oxygens (including phenoxy) is 1. The van der Waals surface area contributed by atoms with Crippen LogP contribution in [0.1, 0.15) is 24.3 Å². The molecular weight excluding hydrogens is 278 g/mol. The molecule has 2 rings (SSSR count). The van der Waals surface area contributed by atoms with E-state index in [-0.39, 0.29) is 11.7 Å². The minimum atomic E-state index is -0.855. The number of nitrogens with one attached hydrogen (secondary N) is 1. The van der Waals surface area contributed by atoms with Crippen LogP contribution in [0.2, 0.25) is 0 Å². The highest BCUT2D eigenvalue weighted by atomic mass is 19.1. The van der Waals surface area contributed by atoms with Crippen molar-refractivity contribution in [2.45, 2.75) is 19.9 Å². The van der Waals surface area contributed by atoms with Crippen molar-refractivity contribution in [3.8, 4) is 5.75 Å². The van der Waals surface area contributed by atoms with Crippen molar-refractivity contribution >= 4 is 11.8 Å². The number of anilines is 1. The lowest BCUT2D eigenvalue weighted by molar-refractivity contribution is 0.0721. The first-order chi connectivity index (χ1) is 9.95. The van der Waals surface area contributed by atoms with E-state index < -0.39 is 23.4 Å². The smallest absolute Gasteiger partial charge is 0.362 e. The van der Waals surface area contributed by atoms with Gasteiger partial charge in [0.05, 0.1) is 0 Å². The summed E-state index contributed by atoms with van der Waals surface area (Å²) in [4.78, 5) is 16.0. The van der Waals surface area contributed by atoms with Gasteiger partial charge in [0.15, 0.2) is 17.3 Å². The average Bonchev–Trinajstić information content (AvgIpc) is 2.42. The number of benzene rings is 1. The predicted molar refractivity (Wildman–Crippen MR) is 74.3 cm³/mol. The highest BCUT2D eigenvalue weighted by Crippen LogP contribution is 2.19. The standard InChI is InChI=1S/C15H14F2N2O2/c1-9(2)18-14-5-3-4-12(19-14)15(20)21-13-8-10(16)6-7-11(13)17/h3-9H,1-2H3,(H,18,19). The second kappa shape index (κ2) is 6.30. The van der Waals surface area contributed by atoms with Crippen molar-refractivity contribution in [1.29, 1.82) is 0 Å². The number of nitrogens with zero attached hydrogens (tertiary/aromatic N) is 1. The van der Waals surface area contributed by atoms with Crippen molar-refractivity contribution in [3.63, 3.8) is 0 Å². The van der Waals surface area contributed by atoms with Crippen molar-refractivity contribution in [2.75, 3.05) is 5.32 Å². The van der Waals surface area contributed by atoms with Gasteiger partial charge in [-0.3, -0.25) is 0 Å². The summed E-state index contributed by atoms with van der Waals surface area (Å²) in [6.45, 7) is 3.85. The molecule has 0 aliphatic rings. The molecule has 1 N–H and O–H groups in total. The highest BCUT2D eigenvalue weighted by Gasteiger charge is 2.14. The highest BCUT2D eigenvalue weighted by molar-refractivity contribution is 5.89. The molecule has 0 fully saturated rings. The lowest BCUT2D eigenvalue weighted by atomic mass is 10.3. The summed E-state index contributed by atoms with van der Waals surface area (Å²) in [7, 11) is 0. The Hall–Kier alpha value is -2.50. The van der Waals surface area contributed by atoms with Crippen LogP contribution in [0.25, 0.3) is 0 Å². The normalized spacial score (nSPS) is 10.5. The molecule has 0 unspecified atom stereocenters. The van der Waals surface area contributed by atoms with Crippen LogP contribution >= 0.6 is 0 Å². The van der Waals surface area contributed by atoms with Gasteiger partial charge < -0.3 is 10.1 Å². The third-order valence-corrected chi connectivity index (χ3v) is 2.49. The summed E-state index contributed by atoms with van der Waals surface area (Å²) in [5, 5.41) is 3.03. The number of hydrogen-bond donors (Lipinski definition) is 1. The molecule has 0 atom stereocenters. The average molecular weight is 292 g/mol. The number of rotatable bonds is 4. The second-order valence-corrected chi connectivity index (χ2v) is 4.67. The van der Waals surface area contributed by atoms with Gasteiger partial charge in [-0.25, -0.2) is 18.6 Å². The third-order valence-electron chi connectivity index (χ3n) is 2.49. The van der Waals surface area contributed by atoms with Gasteiger partial charge in [-0.05, 0) is 38.1 Å². The lowest BCUT2D eigenvalue weighted by Gasteiger charge is -2.10. The molecule has 0 amide bonds. The summed E-state index contributed by atoms with van der Waals surface area (Å²) in [6.07, 6.45) is 0. The molecule has 0 saturated carbocycles. The van der Waals surface area contributed by atoms with Crippen LogP contribution in [0.15, 0.2) is 36.4 Å². The minimum Gasteiger partial charge on any atom is -0.419 e. The molecule has 2 aromatic rings. The Kier molecular flexibility index (Phi) is 4.47. The fraction of sp³-hybridized carbons (Fsp3) is 0.200. The second-order valence-electron chi connectivity index (χ2n) is 4.67. The molecule has 0 bridgehead atoms. The van der Waals surface area contributed by atoms with Gasteiger partial charge >= 0.3 is 5.97 Å². The first-order valence-corrected chi connectivity index (χ1v) is 6.36. The molecule has 0 aliphatic carbocycles. The van der Waals surface area contributed by atoms with E-state index in [2.05, 4.69) is 10.3 Å². The van der Waals surface area contributed by atoms with Gasteiger partial charge in [0.1, 0.15) is 11.6 Å². The molecular formula is C15H14F2N2O2. The predicted octanol–water partition coefficient (Wildman–Crippen LogP) is 3.40.